The third-order valence-corrected chi connectivity index (χ3v) is 4.74. The van der Waals surface area contributed by atoms with Crippen molar-refractivity contribution in [1.82, 2.24) is 0 Å². The molecule has 0 N–H and O–H groups in total. The molecule has 2 nitrogen and oxygen atoms in total. The molecular formula is C18H38O2. The van der Waals surface area contributed by atoms with Crippen LogP contribution in [0.1, 0.15) is 75.7 Å². The Morgan fingerprint density at radius 3 is 1.70 bits per heavy atom. The highest BCUT2D eigenvalue weighted by Crippen LogP contribution is 2.37. The standard InChI is InChI=1S/C18H38O2/c1-14(2)15(3)13-20-18(9,10)17(7,8)11-12-19-16(4,5)6/h14-15H,11-13H2,1-10H3. The predicted molar refractivity (Wildman–Crippen MR) is 88.1 cm³/mol. The maximum Gasteiger partial charge on any atom is 0.0678 e. The fourth-order valence-corrected chi connectivity index (χ4v) is 1.64. The topological polar surface area (TPSA) is 18.5 Å². The average Bonchev–Trinajstić information content (AvgIpc) is 2.23. The molecule has 0 heterocycles. The Morgan fingerprint density at radius 1 is 0.800 bits per heavy atom. The van der Waals surface area contributed by atoms with Gasteiger partial charge in [-0.15, -0.1) is 0 Å². The number of hydrogen-bond donors (Lipinski definition) is 0. The minimum absolute atomic E-state index is 0.0623. The lowest BCUT2D eigenvalue weighted by molar-refractivity contribution is -0.125. The molecule has 0 bridgehead atoms. The molecule has 1 unspecified atom stereocenters. The monoisotopic (exact) mass is 286 g/mol. The molecule has 0 radical (unpaired) electrons. The third-order valence-electron chi connectivity index (χ3n) is 4.74. The average molecular weight is 286 g/mol. The summed E-state index contributed by atoms with van der Waals surface area (Å²) in [7, 11) is 0. The summed E-state index contributed by atoms with van der Waals surface area (Å²) in [5.74, 6) is 1.26. The summed E-state index contributed by atoms with van der Waals surface area (Å²) in [5, 5.41) is 0. The summed E-state index contributed by atoms with van der Waals surface area (Å²) in [5.41, 5.74) is -0.112. The van der Waals surface area contributed by atoms with Gasteiger partial charge in [0.1, 0.15) is 0 Å². The Morgan fingerprint density at radius 2 is 1.30 bits per heavy atom. The summed E-state index contributed by atoms with van der Waals surface area (Å²) in [6.07, 6.45) is 1.01. The van der Waals surface area contributed by atoms with E-state index in [-0.39, 0.29) is 16.6 Å². The molecular weight excluding hydrogens is 248 g/mol. The van der Waals surface area contributed by atoms with Crippen LogP contribution >= 0.6 is 0 Å². The molecule has 0 spiro atoms. The van der Waals surface area contributed by atoms with Gasteiger partial charge in [-0.2, -0.15) is 0 Å². The van der Waals surface area contributed by atoms with Gasteiger partial charge in [0.05, 0.1) is 17.8 Å². The van der Waals surface area contributed by atoms with E-state index in [0.29, 0.717) is 11.8 Å². The van der Waals surface area contributed by atoms with Crippen LogP contribution in [0.3, 0.4) is 0 Å². The minimum atomic E-state index is -0.141. The molecule has 0 amide bonds. The van der Waals surface area contributed by atoms with Crippen molar-refractivity contribution in [3.8, 4) is 0 Å². The van der Waals surface area contributed by atoms with E-state index < -0.39 is 0 Å². The van der Waals surface area contributed by atoms with Gasteiger partial charge in [0, 0.05) is 6.61 Å². The molecule has 0 aliphatic rings. The molecule has 2 heteroatoms. The lowest BCUT2D eigenvalue weighted by atomic mass is 9.74. The van der Waals surface area contributed by atoms with Gasteiger partial charge in [0.25, 0.3) is 0 Å². The van der Waals surface area contributed by atoms with E-state index in [4.69, 9.17) is 9.47 Å². The van der Waals surface area contributed by atoms with Gasteiger partial charge in [-0.1, -0.05) is 34.6 Å². The van der Waals surface area contributed by atoms with Gasteiger partial charge >= 0.3 is 0 Å². The van der Waals surface area contributed by atoms with Crippen LogP contribution in [-0.2, 0) is 9.47 Å². The first-order chi connectivity index (χ1) is 8.78. The lowest BCUT2D eigenvalue weighted by Crippen LogP contribution is -2.44. The lowest BCUT2D eigenvalue weighted by Gasteiger charge is -2.42. The summed E-state index contributed by atoms with van der Waals surface area (Å²) in [6, 6.07) is 0. The predicted octanol–water partition coefficient (Wildman–Crippen LogP) is 5.31. The summed E-state index contributed by atoms with van der Waals surface area (Å²) in [6.45, 7) is 23.6. The van der Waals surface area contributed by atoms with Crippen LogP contribution in [0.2, 0.25) is 0 Å². The van der Waals surface area contributed by atoms with Crippen LogP contribution in [0.4, 0.5) is 0 Å². The molecule has 20 heavy (non-hydrogen) atoms. The molecule has 0 saturated carbocycles. The van der Waals surface area contributed by atoms with Gasteiger partial charge in [-0.3, -0.25) is 0 Å². The van der Waals surface area contributed by atoms with E-state index in [1.165, 1.54) is 0 Å². The van der Waals surface area contributed by atoms with Crippen LogP contribution in [0.25, 0.3) is 0 Å². The second kappa shape index (κ2) is 7.26. The molecule has 0 aromatic rings. The van der Waals surface area contributed by atoms with Crippen LogP contribution in [-0.4, -0.2) is 24.4 Å². The molecule has 0 aliphatic heterocycles. The summed E-state index contributed by atoms with van der Waals surface area (Å²) < 4.78 is 12.1. The first kappa shape index (κ1) is 19.9. The number of rotatable bonds is 8. The molecule has 0 aromatic heterocycles. The van der Waals surface area contributed by atoms with Gasteiger partial charge in [-0.25, -0.2) is 0 Å². The van der Waals surface area contributed by atoms with Crippen molar-refractivity contribution in [1.29, 1.82) is 0 Å². The van der Waals surface area contributed by atoms with Crippen molar-refractivity contribution in [3.63, 3.8) is 0 Å². The highest BCUT2D eigenvalue weighted by molar-refractivity contribution is 4.88. The summed E-state index contributed by atoms with van der Waals surface area (Å²) in [4.78, 5) is 0. The smallest absolute Gasteiger partial charge is 0.0678 e. The molecule has 0 rings (SSSR count). The van der Waals surface area contributed by atoms with E-state index in [0.717, 1.165) is 19.6 Å². The Kier molecular flexibility index (Phi) is 7.24. The Labute approximate surface area is 127 Å². The van der Waals surface area contributed by atoms with Gasteiger partial charge in [0.2, 0.25) is 0 Å². The SMILES string of the molecule is CC(C)C(C)COC(C)(C)C(C)(C)CCOC(C)(C)C. The molecule has 1 atom stereocenters. The van der Waals surface area contributed by atoms with Crippen LogP contribution < -0.4 is 0 Å². The van der Waals surface area contributed by atoms with E-state index in [2.05, 4.69) is 69.2 Å². The van der Waals surface area contributed by atoms with Crippen molar-refractivity contribution in [2.24, 2.45) is 17.3 Å². The molecule has 0 saturated heterocycles. The zero-order valence-corrected chi connectivity index (χ0v) is 15.6. The first-order valence-corrected chi connectivity index (χ1v) is 8.06. The maximum absolute atomic E-state index is 6.24. The second-order valence-corrected chi connectivity index (χ2v) is 8.64. The zero-order valence-electron chi connectivity index (χ0n) is 15.6. The van der Waals surface area contributed by atoms with Crippen LogP contribution in [0.5, 0.6) is 0 Å². The molecule has 0 aliphatic carbocycles. The Bertz CT molecular complexity index is 272. The normalized spacial score (nSPS) is 15.8. The van der Waals surface area contributed by atoms with E-state index >= 15 is 0 Å². The fourth-order valence-electron chi connectivity index (χ4n) is 1.64. The Hall–Kier alpha value is -0.0800. The van der Waals surface area contributed by atoms with Crippen molar-refractivity contribution in [2.45, 2.75) is 86.9 Å². The van der Waals surface area contributed by atoms with Crippen molar-refractivity contribution >= 4 is 0 Å². The van der Waals surface area contributed by atoms with E-state index in [9.17, 15) is 0 Å². The maximum atomic E-state index is 6.24. The molecule has 0 aromatic carbocycles. The van der Waals surface area contributed by atoms with Gasteiger partial charge in [0.15, 0.2) is 0 Å². The fraction of sp³-hybridized carbons (Fsp3) is 1.00. The van der Waals surface area contributed by atoms with Gasteiger partial charge in [-0.05, 0) is 58.3 Å². The first-order valence-electron chi connectivity index (χ1n) is 8.06. The number of hydrogen-bond acceptors (Lipinski definition) is 2. The van der Waals surface area contributed by atoms with Crippen molar-refractivity contribution in [2.75, 3.05) is 13.2 Å². The third kappa shape index (κ3) is 7.08. The Balaban J connectivity index is 4.41. The van der Waals surface area contributed by atoms with Crippen molar-refractivity contribution in [3.05, 3.63) is 0 Å². The van der Waals surface area contributed by atoms with Crippen molar-refractivity contribution < 1.29 is 9.47 Å². The minimum Gasteiger partial charge on any atom is -0.376 e. The highest BCUT2D eigenvalue weighted by Gasteiger charge is 2.38. The van der Waals surface area contributed by atoms with Gasteiger partial charge < -0.3 is 9.47 Å². The molecule has 122 valence electrons. The quantitative estimate of drug-likeness (QED) is 0.602. The zero-order chi connectivity index (χ0) is 16.2. The number of ether oxygens (including phenoxy) is 2. The summed E-state index contributed by atoms with van der Waals surface area (Å²) >= 11 is 0. The van der Waals surface area contributed by atoms with E-state index in [1.807, 2.05) is 0 Å². The highest BCUT2D eigenvalue weighted by atomic mass is 16.5. The van der Waals surface area contributed by atoms with E-state index in [1.54, 1.807) is 0 Å². The van der Waals surface area contributed by atoms with Crippen LogP contribution in [0.15, 0.2) is 0 Å². The largest absolute Gasteiger partial charge is 0.376 e. The molecule has 0 fully saturated rings. The second-order valence-electron chi connectivity index (χ2n) is 8.64. The van der Waals surface area contributed by atoms with Crippen LogP contribution in [0, 0.1) is 17.3 Å².